The molecule has 0 bridgehead atoms. The van der Waals surface area contributed by atoms with Crippen LogP contribution in [0.15, 0.2) is 24.3 Å². The maximum Gasteiger partial charge on any atom is 0.224 e. The van der Waals surface area contributed by atoms with Gasteiger partial charge in [0.25, 0.3) is 0 Å². The van der Waals surface area contributed by atoms with E-state index >= 15 is 0 Å². The van der Waals surface area contributed by atoms with Crippen molar-refractivity contribution >= 4 is 11.7 Å². The molecule has 0 unspecified atom stereocenters. The summed E-state index contributed by atoms with van der Waals surface area (Å²) < 4.78 is 0. The van der Waals surface area contributed by atoms with E-state index in [1.54, 1.807) is 0 Å². The zero-order valence-corrected chi connectivity index (χ0v) is 13.8. The highest BCUT2D eigenvalue weighted by Crippen LogP contribution is 2.33. The minimum atomic E-state index is 0.0226. The van der Waals surface area contributed by atoms with Crippen molar-refractivity contribution in [1.82, 2.24) is 4.90 Å². The Kier molecular flexibility index (Phi) is 4.81. The van der Waals surface area contributed by atoms with Gasteiger partial charge in [-0.25, -0.2) is 0 Å². The van der Waals surface area contributed by atoms with Crippen LogP contribution in [0.5, 0.6) is 0 Å². The quantitative estimate of drug-likeness (QED) is 0.850. The third-order valence-corrected chi connectivity index (χ3v) is 5.19. The molecule has 1 heterocycles. The summed E-state index contributed by atoms with van der Waals surface area (Å²) in [6, 6.07) is 7.79. The van der Waals surface area contributed by atoms with Gasteiger partial charge in [0.05, 0.1) is 0 Å². The zero-order valence-electron chi connectivity index (χ0n) is 13.8. The van der Waals surface area contributed by atoms with E-state index < -0.39 is 0 Å². The van der Waals surface area contributed by atoms with E-state index in [0.29, 0.717) is 25.4 Å². The Balaban J connectivity index is 1.50. The van der Waals surface area contributed by atoms with Crippen molar-refractivity contribution < 1.29 is 9.59 Å². The summed E-state index contributed by atoms with van der Waals surface area (Å²) in [4.78, 5) is 26.7. The monoisotopic (exact) mass is 314 g/mol. The number of nitrogens with two attached hydrogens (primary N) is 1. The van der Waals surface area contributed by atoms with Crippen molar-refractivity contribution in [2.24, 2.45) is 17.6 Å². The predicted octanol–water partition coefficient (Wildman–Crippen LogP) is 2.54. The third-order valence-electron chi connectivity index (χ3n) is 5.19. The molecule has 1 aromatic carbocycles. The van der Waals surface area contributed by atoms with Crippen molar-refractivity contribution in [3.63, 3.8) is 0 Å². The first kappa shape index (κ1) is 16.2. The lowest BCUT2D eigenvalue weighted by atomic mass is 9.88. The Hall–Kier alpha value is -1.68. The molecule has 2 aliphatic rings. The molecule has 124 valence electrons. The van der Waals surface area contributed by atoms with Crippen molar-refractivity contribution in [3.05, 3.63) is 35.4 Å². The molecule has 23 heavy (non-hydrogen) atoms. The predicted molar refractivity (Wildman–Crippen MR) is 90.1 cm³/mol. The van der Waals surface area contributed by atoms with Crippen LogP contribution in [0.25, 0.3) is 0 Å². The fourth-order valence-electron chi connectivity index (χ4n) is 3.37. The van der Waals surface area contributed by atoms with E-state index in [2.05, 4.69) is 0 Å². The highest BCUT2D eigenvalue weighted by molar-refractivity contribution is 5.98. The minimum absolute atomic E-state index is 0.0226. The largest absolute Gasteiger partial charge is 0.343 e. The van der Waals surface area contributed by atoms with Crippen molar-refractivity contribution in [1.29, 1.82) is 0 Å². The number of benzene rings is 1. The number of ketones is 1. The fraction of sp³-hybridized carbons (Fsp3) is 0.579. The first-order valence-corrected chi connectivity index (χ1v) is 8.69. The number of Topliss-reactive ketones (excluding diaryl/α,β-unsaturated/α-hetero) is 1. The first-order chi connectivity index (χ1) is 11.0. The molecular formula is C19H26N2O2. The zero-order chi connectivity index (χ0) is 16.4. The van der Waals surface area contributed by atoms with Gasteiger partial charge in [0.1, 0.15) is 0 Å². The molecular weight excluding hydrogens is 288 g/mol. The Morgan fingerprint density at radius 2 is 1.74 bits per heavy atom. The molecule has 1 aliphatic carbocycles. The van der Waals surface area contributed by atoms with Gasteiger partial charge in [0.15, 0.2) is 5.78 Å². The van der Waals surface area contributed by atoms with Crippen LogP contribution in [0.3, 0.4) is 0 Å². The summed E-state index contributed by atoms with van der Waals surface area (Å²) in [5, 5.41) is 0. The molecule has 0 radical (unpaired) electrons. The second-order valence-corrected chi connectivity index (χ2v) is 7.09. The Morgan fingerprint density at radius 3 is 2.30 bits per heavy atom. The molecule has 2 fully saturated rings. The van der Waals surface area contributed by atoms with Gasteiger partial charge in [-0.1, -0.05) is 29.8 Å². The summed E-state index contributed by atoms with van der Waals surface area (Å²) in [6.45, 7) is 3.38. The van der Waals surface area contributed by atoms with Crippen LogP contribution in [0.1, 0.15) is 48.0 Å². The molecule has 1 amide bonds. The maximum absolute atomic E-state index is 12.5. The van der Waals surface area contributed by atoms with Gasteiger partial charge < -0.3 is 10.6 Å². The van der Waals surface area contributed by atoms with Gasteiger partial charge >= 0.3 is 0 Å². The standard InChI is InChI=1S/C19H26N2O2/c1-13-2-4-15(5-3-13)19(23)16-8-10-21(11-9-16)18(22)12-17(20)14-6-7-14/h2-5,14,16-17H,6-12,20H2,1H3/t17-/m0/s1. The van der Waals surface area contributed by atoms with Crippen LogP contribution in [0.4, 0.5) is 0 Å². The van der Waals surface area contributed by atoms with Crippen LogP contribution in [0, 0.1) is 18.8 Å². The van der Waals surface area contributed by atoms with Gasteiger partial charge in [-0.2, -0.15) is 0 Å². The Labute approximate surface area is 138 Å². The fourth-order valence-corrected chi connectivity index (χ4v) is 3.37. The number of piperidine rings is 1. The molecule has 0 spiro atoms. The minimum Gasteiger partial charge on any atom is -0.343 e. The molecule has 1 aromatic rings. The highest BCUT2D eigenvalue weighted by Gasteiger charge is 2.33. The number of carbonyl (C=O) groups excluding carboxylic acids is 2. The number of rotatable bonds is 5. The van der Waals surface area contributed by atoms with Crippen molar-refractivity contribution in [2.75, 3.05) is 13.1 Å². The van der Waals surface area contributed by atoms with E-state index in [1.807, 2.05) is 36.1 Å². The van der Waals surface area contributed by atoms with E-state index in [4.69, 9.17) is 5.73 Å². The molecule has 2 N–H and O–H groups in total. The molecule has 3 rings (SSSR count). The number of aryl methyl sites for hydroxylation is 1. The van der Waals surface area contributed by atoms with Gasteiger partial charge in [-0.3, -0.25) is 9.59 Å². The highest BCUT2D eigenvalue weighted by atomic mass is 16.2. The van der Waals surface area contributed by atoms with Gasteiger partial charge in [-0.15, -0.1) is 0 Å². The van der Waals surface area contributed by atoms with Crippen molar-refractivity contribution in [2.45, 2.75) is 45.1 Å². The molecule has 1 saturated heterocycles. The molecule has 1 aliphatic heterocycles. The summed E-state index contributed by atoms with van der Waals surface area (Å²) >= 11 is 0. The Bertz CT molecular complexity index is 570. The normalized spacial score (nSPS) is 20.3. The summed E-state index contributed by atoms with van der Waals surface area (Å²) in [6.07, 6.45) is 4.32. The van der Waals surface area contributed by atoms with Crippen LogP contribution < -0.4 is 5.73 Å². The average Bonchev–Trinajstić information content (AvgIpc) is 3.40. The Morgan fingerprint density at radius 1 is 1.13 bits per heavy atom. The first-order valence-electron chi connectivity index (χ1n) is 8.69. The number of hydrogen-bond acceptors (Lipinski definition) is 3. The second-order valence-electron chi connectivity index (χ2n) is 7.09. The van der Waals surface area contributed by atoms with Crippen LogP contribution in [-0.2, 0) is 4.79 Å². The van der Waals surface area contributed by atoms with Gasteiger partial charge in [0.2, 0.25) is 5.91 Å². The number of carbonyl (C=O) groups is 2. The van der Waals surface area contributed by atoms with E-state index in [1.165, 1.54) is 12.8 Å². The number of likely N-dealkylation sites (tertiary alicyclic amines) is 1. The molecule has 1 saturated carbocycles. The third kappa shape index (κ3) is 3.99. The van der Waals surface area contributed by atoms with E-state index in [9.17, 15) is 9.59 Å². The molecule has 4 heteroatoms. The van der Waals surface area contributed by atoms with Crippen LogP contribution in [0.2, 0.25) is 0 Å². The van der Waals surface area contributed by atoms with Gasteiger partial charge in [0, 0.05) is 37.0 Å². The smallest absolute Gasteiger partial charge is 0.224 e. The van der Waals surface area contributed by atoms with Crippen LogP contribution in [-0.4, -0.2) is 35.7 Å². The maximum atomic E-state index is 12.5. The number of nitrogens with zero attached hydrogens (tertiary/aromatic N) is 1. The summed E-state index contributed by atoms with van der Waals surface area (Å²) in [5.74, 6) is 0.968. The average molecular weight is 314 g/mol. The summed E-state index contributed by atoms with van der Waals surface area (Å²) in [7, 11) is 0. The molecule has 4 nitrogen and oxygen atoms in total. The lowest BCUT2D eigenvalue weighted by Crippen LogP contribution is -2.42. The molecule has 1 atom stereocenters. The van der Waals surface area contributed by atoms with Crippen LogP contribution >= 0.6 is 0 Å². The molecule has 0 aromatic heterocycles. The van der Waals surface area contributed by atoms with Gasteiger partial charge in [-0.05, 0) is 38.5 Å². The lowest BCUT2D eigenvalue weighted by Gasteiger charge is -2.32. The van der Waals surface area contributed by atoms with E-state index in [-0.39, 0.29) is 23.7 Å². The number of hydrogen-bond donors (Lipinski definition) is 1. The topological polar surface area (TPSA) is 63.4 Å². The summed E-state index contributed by atoms with van der Waals surface area (Å²) in [5.41, 5.74) is 8.00. The second kappa shape index (κ2) is 6.83. The lowest BCUT2D eigenvalue weighted by molar-refractivity contribution is -0.132. The van der Waals surface area contributed by atoms with Crippen molar-refractivity contribution in [3.8, 4) is 0 Å². The SMILES string of the molecule is Cc1ccc(C(=O)C2CCN(C(=O)C[C@H](N)C3CC3)CC2)cc1. The number of amides is 1. The van der Waals surface area contributed by atoms with E-state index in [0.717, 1.165) is 24.0 Å².